The molecule has 1 heteroatoms. The van der Waals surface area contributed by atoms with Crippen LogP contribution in [0.1, 0.15) is 20.3 Å². The molecule has 13 heavy (non-hydrogen) atoms. The number of nitrogens with zero attached hydrogens (tertiary/aromatic N) is 1. The van der Waals surface area contributed by atoms with Gasteiger partial charge in [0.25, 0.3) is 0 Å². The number of aliphatic imine (C=N–C) groups is 1. The van der Waals surface area contributed by atoms with Crippen LogP contribution in [0, 0.1) is 5.92 Å². The molecule has 1 aliphatic heterocycles. The lowest BCUT2D eigenvalue weighted by Gasteiger charge is -2.13. The third kappa shape index (κ3) is 1.64. The van der Waals surface area contributed by atoms with Crippen molar-refractivity contribution in [1.29, 1.82) is 0 Å². The predicted octanol–water partition coefficient (Wildman–Crippen LogP) is 2.91. The van der Waals surface area contributed by atoms with Crippen molar-refractivity contribution < 1.29 is 0 Å². The van der Waals surface area contributed by atoms with E-state index >= 15 is 0 Å². The summed E-state index contributed by atoms with van der Waals surface area (Å²) in [7, 11) is 0. The van der Waals surface area contributed by atoms with Crippen LogP contribution in [0.2, 0.25) is 0 Å². The first-order valence-electron chi connectivity index (χ1n) is 4.86. The van der Waals surface area contributed by atoms with Gasteiger partial charge in [0.2, 0.25) is 0 Å². The van der Waals surface area contributed by atoms with Crippen LogP contribution in [-0.4, -0.2) is 12.3 Å². The Kier molecular flexibility index (Phi) is 2.17. The average molecular weight is 173 g/mol. The molecular formula is C12H15N. The van der Waals surface area contributed by atoms with E-state index in [0.717, 1.165) is 6.42 Å². The van der Waals surface area contributed by atoms with Crippen LogP contribution in [-0.2, 0) is 0 Å². The van der Waals surface area contributed by atoms with Crippen molar-refractivity contribution in [2.24, 2.45) is 10.9 Å². The van der Waals surface area contributed by atoms with Crippen molar-refractivity contribution >= 4 is 6.21 Å². The standard InChI is InChI=1S/C12H15N/c1-9-8-12-6-5-11(10(9)2)4-3-7-13-12/h3-7,9,12H,8H2,1-2H3/b4-3-,13-7-. The first-order valence-corrected chi connectivity index (χ1v) is 4.86. The van der Waals surface area contributed by atoms with E-state index in [1.807, 2.05) is 12.3 Å². The fourth-order valence-electron chi connectivity index (χ4n) is 1.85. The molecule has 2 unspecified atom stereocenters. The molecule has 0 saturated heterocycles. The molecule has 68 valence electrons. The van der Waals surface area contributed by atoms with Gasteiger partial charge >= 0.3 is 0 Å². The van der Waals surface area contributed by atoms with E-state index in [1.54, 1.807) is 0 Å². The summed E-state index contributed by atoms with van der Waals surface area (Å²) < 4.78 is 0. The number of rotatable bonds is 0. The summed E-state index contributed by atoms with van der Waals surface area (Å²) in [5.41, 5.74) is 2.85. The van der Waals surface area contributed by atoms with Crippen LogP contribution in [0.25, 0.3) is 0 Å². The minimum absolute atomic E-state index is 0.382. The first kappa shape index (κ1) is 8.49. The van der Waals surface area contributed by atoms with E-state index in [9.17, 15) is 0 Å². The number of fused-ring (bicyclic) bond motifs is 2. The van der Waals surface area contributed by atoms with Gasteiger partial charge in [-0.3, -0.25) is 4.99 Å². The average Bonchev–Trinajstić information content (AvgIpc) is 2.15. The molecule has 2 aliphatic rings. The van der Waals surface area contributed by atoms with Crippen molar-refractivity contribution in [2.75, 3.05) is 0 Å². The fourth-order valence-corrected chi connectivity index (χ4v) is 1.85. The molecule has 0 aromatic heterocycles. The maximum absolute atomic E-state index is 4.46. The quantitative estimate of drug-likeness (QED) is 0.534. The van der Waals surface area contributed by atoms with E-state index in [0.29, 0.717) is 12.0 Å². The smallest absolute Gasteiger partial charge is 0.0688 e. The number of hydrogen-bond donors (Lipinski definition) is 0. The van der Waals surface area contributed by atoms with Crippen LogP contribution < -0.4 is 0 Å². The predicted molar refractivity (Wildman–Crippen MR) is 57.0 cm³/mol. The minimum atomic E-state index is 0.382. The Morgan fingerprint density at radius 1 is 1.38 bits per heavy atom. The summed E-state index contributed by atoms with van der Waals surface area (Å²) in [4.78, 5) is 4.46. The van der Waals surface area contributed by atoms with E-state index in [2.05, 4.69) is 37.1 Å². The highest BCUT2D eigenvalue weighted by Crippen LogP contribution is 2.27. The topological polar surface area (TPSA) is 12.4 Å². The van der Waals surface area contributed by atoms with Crippen molar-refractivity contribution in [3.63, 3.8) is 0 Å². The molecule has 0 fully saturated rings. The Morgan fingerprint density at radius 2 is 2.23 bits per heavy atom. The Labute approximate surface area is 79.6 Å². The van der Waals surface area contributed by atoms with Crippen molar-refractivity contribution in [3.8, 4) is 0 Å². The zero-order valence-corrected chi connectivity index (χ0v) is 8.20. The van der Waals surface area contributed by atoms with Gasteiger partial charge in [-0.2, -0.15) is 0 Å². The molecule has 0 N–H and O–H groups in total. The van der Waals surface area contributed by atoms with Gasteiger partial charge in [-0.05, 0) is 30.9 Å². The zero-order valence-electron chi connectivity index (χ0n) is 8.20. The van der Waals surface area contributed by atoms with Gasteiger partial charge in [-0.1, -0.05) is 30.7 Å². The Balaban J connectivity index is 2.48. The summed E-state index contributed by atoms with van der Waals surface area (Å²) in [6, 6.07) is 0.382. The summed E-state index contributed by atoms with van der Waals surface area (Å²) in [6.07, 6.45) is 11.7. The highest BCUT2D eigenvalue weighted by molar-refractivity contribution is 5.73. The van der Waals surface area contributed by atoms with Gasteiger partial charge in [0.1, 0.15) is 0 Å². The van der Waals surface area contributed by atoms with Gasteiger partial charge in [-0.25, -0.2) is 0 Å². The SMILES string of the molecule is CC1=C2C=CC(CC1C)/N=C\C=C/2. The molecule has 2 bridgehead atoms. The molecule has 0 radical (unpaired) electrons. The molecule has 0 aromatic rings. The van der Waals surface area contributed by atoms with Crippen LogP contribution in [0.5, 0.6) is 0 Å². The highest BCUT2D eigenvalue weighted by atomic mass is 14.8. The lowest BCUT2D eigenvalue weighted by molar-refractivity contribution is 0.575. The minimum Gasteiger partial charge on any atom is -0.286 e. The van der Waals surface area contributed by atoms with E-state index in [1.165, 1.54) is 11.1 Å². The molecule has 0 saturated carbocycles. The Bertz CT molecular complexity index is 318. The largest absolute Gasteiger partial charge is 0.286 e. The number of hydrogen-bond acceptors (Lipinski definition) is 1. The van der Waals surface area contributed by atoms with E-state index < -0.39 is 0 Å². The van der Waals surface area contributed by atoms with E-state index in [-0.39, 0.29) is 0 Å². The van der Waals surface area contributed by atoms with Gasteiger partial charge in [-0.15, -0.1) is 0 Å². The normalized spacial score (nSPS) is 36.8. The second-order valence-corrected chi connectivity index (χ2v) is 3.86. The zero-order chi connectivity index (χ0) is 9.26. The maximum Gasteiger partial charge on any atom is 0.0688 e. The highest BCUT2D eigenvalue weighted by Gasteiger charge is 2.16. The molecule has 1 aliphatic carbocycles. The van der Waals surface area contributed by atoms with Crippen LogP contribution in [0.3, 0.4) is 0 Å². The van der Waals surface area contributed by atoms with Gasteiger partial charge < -0.3 is 0 Å². The lowest BCUT2D eigenvalue weighted by atomic mass is 9.94. The third-order valence-corrected chi connectivity index (χ3v) is 2.93. The fraction of sp³-hybridized carbons (Fsp3) is 0.417. The Hall–Kier alpha value is -1.11. The van der Waals surface area contributed by atoms with E-state index in [4.69, 9.17) is 0 Å². The monoisotopic (exact) mass is 173 g/mol. The van der Waals surface area contributed by atoms with Gasteiger partial charge in [0, 0.05) is 6.21 Å². The molecule has 0 aromatic carbocycles. The third-order valence-electron chi connectivity index (χ3n) is 2.93. The summed E-state index contributed by atoms with van der Waals surface area (Å²) in [5, 5.41) is 0. The number of allylic oxidation sites excluding steroid dienone is 5. The summed E-state index contributed by atoms with van der Waals surface area (Å²) in [6.45, 7) is 4.51. The Morgan fingerprint density at radius 3 is 3.08 bits per heavy atom. The molecule has 1 nitrogen and oxygen atoms in total. The second kappa shape index (κ2) is 3.33. The molecule has 2 rings (SSSR count). The second-order valence-electron chi connectivity index (χ2n) is 3.86. The van der Waals surface area contributed by atoms with Crippen molar-refractivity contribution in [1.82, 2.24) is 0 Å². The van der Waals surface area contributed by atoms with Crippen molar-refractivity contribution in [2.45, 2.75) is 26.3 Å². The molecule has 2 atom stereocenters. The summed E-state index contributed by atoms with van der Waals surface area (Å²) >= 11 is 0. The van der Waals surface area contributed by atoms with Gasteiger partial charge in [0.15, 0.2) is 0 Å². The summed E-state index contributed by atoms with van der Waals surface area (Å²) in [5.74, 6) is 0.648. The maximum atomic E-state index is 4.46. The van der Waals surface area contributed by atoms with Crippen LogP contribution in [0.4, 0.5) is 0 Å². The molecular weight excluding hydrogens is 158 g/mol. The lowest BCUT2D eigenvalue weighted by Crippen LogP contribution is -2.06. The molecule has 1 heterocycles. The van der Waals surface area contributed by atoms with Crippen LogP contribution in [0.15, 0.2) is 40.4 Å². The molecule has 0 spiro atoms. The van der Waals surface area contributed by atoms with Gasteiger partial charge in [0.05, 0.1) is 6.04 Å². The van der Waals surface area contributed by atoms with Crippen molar-refractivity contribution in [3.05, 3.63) is 35.5 Å². The van der Waals surface area contributed by atoms with Crippen LogP contribution >= 0.6 is 0 Å². The molecule has 0 amide bonds. The first-order chi connectivity index (χ1) is 6.27.